The number of amides is 4. The maximum atomic E-state index is 13.3. The van der Waals surface area contributed by atoms with Gasteiger partial charge in [-0.1, -0.05) is 30.3 Å². The second-order valence-electron chi connectivity index (χ2n) is 9.40. The lowest BCUT2D eigenvalue weighted by Gasteiger charge is -2.29. The van der Waals surface area contributed by atoms with E-state index in [1.807, 2.05) is 30.3 Å². The van der Waals surface area contributed by atoms with Crippen molar-refractivity contribution in [2.45, 2.75) is 69.1 Å². The van der Waals surface area contributed by atoms with Gasteiger partial charge in [-0.15, -0.1) is 0 Å². The van der Waals surface area contributed by atoms with Gasteiger partial charge in [0.15, 0.2) is 5.96 Å². The van der Waals surface area contributed by atoms with E-state index in [1.54, 1.807) is 0 Å². The summed E-state index contributed by atoms with van der Waals surface area (Å²) in [6.45, 7) is 0.409. The number of aliphatic imine (C=N–C) groups is 1. The summed E-state index contributed by atoms with van der Waals surface area (Å²) in [7, 11) is 0. The zero-order valence-electron chi connectivity index (χ0n) is 21.8. The molecule has 1 aromatic rings. The topological polar surface area (TPSA) is 249 Å². The van der Waals surface area contributed by atoms with Crippen LogP contribution >= 0.6 is 0 Å². The number of hydrogen-bond donors (Lipinski definition) is 7. The predicted octanol–water partition coefficient (Wildman–Crippen LogP) is -2.08. The van der Waals surface area contributed by atoms with Crippen LogP contribution in [0.2, 0.25) is 0 Å². The molecule has 1 heterocycles. The van der Waals surface area contributed by atoms with Gasteiger partial charge >= 0.3 is 5.97 Å². The van der Waals surface area contributed by atoms with Crippen LogP contribution in [0.25, 0.3) is 0 Å². The van der Waals surface area contributed by atoms with Gasteiger partial charge in [-0.05, 0) is 44.1 Å². The third-order valence-corrected chi connectivity index (χ3v) is 6.33. The van der Waals surface area contributed by atoms with E-state index in [9.17, 15) is 29.1 Å². The van der Waals surface area contributed by atoms with Gasteiger partial charge in [0.05, 0.1) is 6.04 Å². The number of primary amides is 1. The van der Waals surface area contributed by atoms with Crippen molar-refractivity contribution in [1.29, 1.82) is 0 Å². The molecule has 0 bridgehead atoms. The van der Waals surface area contributed by atoms with Crippen LogP contribution in [0.15, 0.2) is 35.3 Å². The van der Waals surface area contributed by atoms with Gasteiger partial charge in [0, 0.05) is 19.5 Å². The molecule has 1 aliphatic rings. The molecule has 0 aromatic heterocycles. The summed E-state index contributed by atoms with van der Waals surface area (Å²) in [6.07, 6.45) is 1.10. The molecule has 214 valence electrons. The van der Waals surface area contributed by atoms with Crippen LogP contribution in [-0.4, -0.2) is 82.8 Å². The Labute approximate surface area is 226 Å². The Bertz CT molecular complexity index is 1050. The third kappa shape index (κ3) is 10.2. The normalized spacial score (nSPS) is 16.9. The summed E-state index contributed by atoms with van der Waals surface area (Å²) in [6, 6.07) is 4.76. The molecular formula is C25H38N8O6. The van der Waals surface area contributed by atoms with Crippen molar-refractivity contribution in [3.8, 4) is 0 Å². The quantitative estimate of drug-likeness (QED) is 0.0723. The summed E-state index contributed by atoms with van der Waals surface area (Å²) >= 11 is 0. The zero-order valence-corrected chi connectivity index (χ0v) is 21.8. The summed E-state index contributed by atoms with van der Waals surface area (Å²) < 4.78 is 0. The van der Waals surface area contributed by atoms with E-state index in [1.165, 1.54) is 4.90 Å². The van der Waals surface area contributed by atoms with Crippen LogP contribution in [0.5, 0.6) is 0 Å². The Morgan fingerprint density at radius 2 is 1.67 bits per heavy atom. The van der Waals surface area contributed by atoms with E-state index in [2.05, 4.69) is 15.6 Å². The zero-order chi connectivity index (χ0) is 28.9. The molecule has 39 heavy (non-hydrogen) atoms. The van der Waals surface area contributed by atoms with Crippen LogP contribution in [-0.2, 0) is 30.4 Å². The van der Waals surface area contributed by atoms with Gasteiger partial charge in [0.1, 0.15) is 18.1 Å². The number of guanidine groups is 1. The smallest absolute Gasteiger partial charge is 0.326 e. The minimum absolute atomic E-state index is 0.105. The first-order valence-corrected chi connectivity index (χ1v) is 12.8. The number of carbonyl (C=O) groups is 5. The Hall–Kier alpha value is -4.20. The second kappa shape index (κ2) is 15.3. The van der Waals surface area contributed by atoms with Crippen molar-refractivity contribution in [3.63, 3.8) is 0 Å². The van der Waals surface area contributed by atoms with E-state index in [0.29, 0.717) is 19.3 Å². The number of carboxylic acid groups (broad SMARTS) is 1. The Kier molecular flexibility index (Phi) is 12.1. The van der Waals surface area contributed by atoms with E-state index in [-0.39, 0.29) is 44.7 Å². The minimum Gasteiger partial charge on any atom is -0.480 e. The molecule has 1 aromatic carbocycles. The molecule has 14 heteroatoms. The molecule has 0 saturated carbocycles. The van der Waals surface area contributed by atoms with E-state index in [0.717, 1.165) is 5.56 Å². The van der Waals surface area contributed by atoms with Gasteiger partial charge in [0.25, 0.3) is 0 Å². The fraction of sp³-hybridized carbons (Fsp3) is 0.520. The number of nitrogens with two attached hydrogens (primary N) is 4. The first-order chi connectivity index (χ1) is 18.5. The molecule has 0 aliphatic carbocycles. The number of rotatable bonds is 15. The number of aliphatic carboxylic acids is 1. The van der Waals surface area contributed by atoms with Crippen LogP contribution in [0.4, 0.5) is 0 Å². The Morgan fingerprint density at radius 1 is 1.00 bits per heavy atom. The first kappa shape index (κ1) is 31.0. The minimum atomic E-state index is -1.21. The number of likely N-dealkylation sites (tertiary alicyclic amines) is 1. The van der Waals surface area contributed by atoms with Crippen LogP contribution in [0.3, 0.4) is 0 Å². The highest BCUT2D eigenvalue weighted by atomic mass is 16.4. The molecule has 4 atom stereocenters. The molecular weight excluding hydrogens is 508 g/mol. The second-order valence-corrected chi connectivity index (χ2v) is 9.40. The predicted molar refractivity (Wildman–Crippen MR) is 143 cm³/mol. The fourth-order valence-corrected chi connectivity index (χ4v) is 4.32. The molecule has 4 unspecified atom stereocenters. The van der Waals surface area contributed by atoms with Gasteiger partial charge in [0.2, 0.25) is 23.6 Å². The van der Waals surface area contributed by atoms with Crippen molar-refractivity contribution in [2.75, 3.05) is 13.1 Å². The van der Waals surface area contributed by atoms with E-state index in [4.69, 9.17) is 22.9 Å². The Balaban J connectivity index is 2.17. The molecule has 11 N–H and O–H groups in total. The molecule has 2 rings (SSSR count). The Morgan fingerprint density at radius 3 is 2.28 bits per heavy atom. The molecule has 0 radical (unpaired) electrons. The van der Waals surface area contributed by atoms with Crippen molar-refractivity contribution in [1.82, 2.24) is 15.5 Å². The highest BCUT2D eigenvalue weighted by Gasteiger charge is 2.38. The van der Waals surface area contributed by atoms with Crippen LogP contribution in [0.1, 0.15) is 44.1 Å². The average molecular weight is 547 g/mol. The van der Waals surface area contributed by atoms with Crippen molar-refractivity contribution in [2.24, 2.45) is 27.9 Å². The summed E-state index contributed by atoms with van der Waals surface area (Å²) in [4.78, 5) is 67.6. The maximum Gasteiger partial charge on any atom is 0.326 e. The molecule has 1 aliphatic heterocycles. The summed E-state index contributed by atoms with van der Waals surface area (Å²) in [5, 5.41) is 14.7. The standard InChI is InChI=1S/C25H38N8O6/c26-16(14-15-6-2-1-3-7-15)21(35)31-17(10-11-20(27)34)22(36)32-18(8-4-12-30-25(28)29)23(37)33-13-5-9-19(33)24(38)39/h1-3,6-7,16-19H,4-5,8-14,26H2,(H2,27,34)(H,31,35)(H,32,36)(H,38,39)(H4,28,29,30). The van der Waals surface area contributed by atoms with Crippen molar-refractivity contribution in [3.05, 3.63) is 35.9 Å². The maximum absolute atomic E-state index is 13.3. The lowest BCUT2D eigenvalue weighted by molar-refractivity contribution is -0.149. The van der Waals surface area contributed by atoms with Crippen LogP contribution in [0, 0.1) is 0 Å². The lowest BCUT2D eigenvalue weighted by atomic mass is 10.0. The first-order valence-electron chi connectivity index (χ1n) is 12.8. The number of nitrogens with zero attached hydrogens (tertiary/aromatic N) is 2. The number of hydrogen-bond acceptors (Lipinski definition) is 7. The highest BCUT2D eigenvalue weighted by Crippen LogP contribution is 2.20. The van der Waals surface area contributed by atoms with Crippen molar-refractivity contribution < 1.29 is 29.1 Å². The summed E-state index contributed by atoms with van der Waals surface area (Å²) in [5.74, 6) is -3.87. The van der Waals surface area contributed by atoms with Crippen molar-refractivity contribution >= 4 is 35.6 Å². The van der Waals surface area contributed by atoms with Gasteiger partial charge < -0.3 is 43.6 Å². The molecule has 4 amide bonds. The van der Waals surface area contributed by atoms with Gasteiger partial charge in [-0.2, -0.15) is 0 Å². The number of carbonyl (C=O) groups excluding carboxylic acids is 4. The number of benzene rings is 1. The average Bonchev–Trinajstić information content (AvgIpc) is 3.38. The highest BCUT2D eigenvalue weighted by molar-refractivity contribution is 5.94. The lowest BCUT2D eigenvalue weighted by Crippen LogP contribution is -2.57. The van der Waals surface area contributed by atoms with E-state index >= 15 is 0 Å². The SMILES string of the molecule is NC(=O)CCC(NC(=O)C(N)Cc1ccccc1)C(=O)NC(CCCN=C(N)N)C(=O)N1CCCC1C(=O)O. The van der Waals surface area contributed by atoms with Crippen LogP contribution < -0.4 is 33.6 Å². The summed E-state index contributed by atoms with van der Waals surface area (Å²) in [5.41, 5.74) is 22.8. The number of carboxylic acids is 1. The van der Waals surface area contributed by atoms with Gasteiger partial charge in [-0.25, -0.2) is 4.79 Å². The van der Waals surface area contributed by atoms with Gasteiger partial charge in [-0.3, -0.25) is 24.2 Å². The molecule has 14 nitrogen and oxygen atoms in total. The molecule has 1 fully saturated rings. The monoisotopic (exact) mass is 546 g/mol. The molecule has 0 spiro atoms. The third-order valence-electron chi connectivity index (χ3n) is 6.33. The largest absolute Gasteiger partial charge is 0.480 e. The van der Waals surface area contributed by atoms with E-state index < -0.39 is 53.8 Å². The molecule has 1 saturated heterocycles. The number of nitrogens with one attached hydrogen (secondary N) is 2. The fourth-order valence-electron chi connectivity index (χ4n) is 4.32.